The van der Waals surface area contributed by atoms with Gasteiger partial charge in [-0.25, -0.2) is 0 Å². The second-order valence-corrected chi connectivity index (χ2v) is 6.61. The van der Waals surface area contributed by atoms with E-state index in [0.29, 0.717) is 17.5 Å². The third kappa shape index (κ3) is 2.78. The van der Waals surface area contributed by atoms with E-state index in [2.05, 4.69) is 22.0 Å². The molecule has 0 unspecified atom stereocenters. The summed E-state index contributed by atoms with van der Waals surface area (Å²) in [6.07, 6.45) is 4.54. The molecule has 7 nitrogen and oxygen atoms in total. The minimum atomic E-state index is 0.0970. The van der Waals surface area contributed by atoms with Crippen LogP contribution in [0.3, 0.4) is 0 Å². The highest BCUT2D eigenvalue weighted by Crippen LogP contribution is 2.26. The minimum Gasteiger partial charge on any atom is -0.379 e. The van der Waals surface area contributed by atoms with Crippen LogP contribution in [0.5, 0.6) is 0 Å². The van der Waals surface area contributed by atoms with Gasteiger partial charge in [-0.05, 0) is 18.1 Å². The van der Waals surface area contributed by atoms with Crippen LogP contribution in [0.25, 0.3) is 5.65 Å². The third-order valence-corrected chi connectivity index (χ3v) is 5.27. The molecule has 4 heterocycles. The number of pyridine rings is 1. The lowest BCUT2D eigenvalue weighted by atomic mass is 9.99. The van der Waals surface area contributed by atoms with Gasteiger partial charge in [-0.2, -0.15) is 0 Å². The number of rotatable bonds is 3. The van der Waals surface area contributed by atoms with Crippen molar-refractivity contribution in [3.05, 3.63) is 30.2 Å². The highest BCUT2D eigenvalue weighted by molar-refractivity contribution is 5.94. The molecular weight excluding hydrogens is 306 g/mol. The van der Waals surface area contributed by atoms with Crippen LogP contribution >= 0.6 is 0 Å². The van der Waals surface area contributed by atoms with Gasteiger partial charge in [-0.3, -0.25) is 14.1 Å². The molecule has 0 aliphatic carbocycles. The zero-order chi connectivity index (χ0) is 16.5. The van der Waals surface area contributed by atoms with Crippen molar-refractivity contribution in [2.75, 3.05) is 39.4 Å². The molecule has 2 aromatic rings. The fourth-order valence-corrected chi connectivity index (χ4v) is 3.88. The first-order chi connectivity index (χ1) is 11.8. The van der Waals surface area contributed by atoms with Gasteiger partial charge in [0.25, 0.3) is 5.91 Å². The average Bonchev–Trinajstić information content (AvgIpc) is 3.27. The molecule has 2 aromatic heterocycles. The summed E-state index contributed by atoms with van der Waals surface area (Å²) in [6.45, 7) is 7.38. The van der Waals surface area contributed by atoms with Gasteiger partial charge >= 0.3 is 0 Å². The van der Waals surface area contributed by atoms with Crippen molar-refractivity contribution in [1.82, 2.24) is 24.4 Å². The van der Waals surface area contributed by atoms with Gasteiger partial charge in [0, 0.05) is 38.4 Å². The van der Waals surface area contributed by atoms with Crippen LogP contribution in [-0.2, 0) is 4.74 Å². The molecule has 0 spiro atoms. The Bertz CT molecular complexity index is 725. The summed E-state index contributed by atoms with van der Waals surface area (Å²) in [7, 11) is 0. The molecule has 0 saturated carbocycles. The molecular formula is C17H23N5O2. The summed E-state index contributed by atoms with van der Waals surface area (Å²) < 4.78 is 7.26. The maximum Gasteiger partial charge on any atom is 0.255 e. The Hall–Kier alpha value is -1.99. The molecule has 2 aliphatic rings. The van der Waals surface area contributed by atoms with Crippen LogP contribution in [0.15, 0.2) is 24.7 Å². The molecule has 0 bridgehead atoms. The third-order valence-electron chi connectivity index (χ3n) is 5.27. The highest BCUT2D eigenvalue weighted by Gasteiger charge is 2.38. The van der Waals surface area contributed by atoms with Crippen LogP contribution in [-0.4, -0.2) is 75.7 Å². The lowest BCUT2D eigenvalue weighted by Crippen LogP contribution is -2.47. The SMILES string of the molecule is CC[C@@H]1CN(C(=O)c2ccc3nncn3c2)C[C@@H]1N1CCOCC1. The van der Waals surface area contributed by atoms with E-state index in [9.17, 15) is 4.79 Å². The molecule has 0 aromatic carbocycles. The topological polar surface area (TPSA) is 63.0 Å². The monoisotopic (exact) mass is 329 g/mol. The van der Waals surface area contributed by atoms with Gasteiger partial charge in [0.2, 0.25) is 0 Å². The molecule has 24 heavy (non-hydrogen) atoms. The van der Waals surface area contributed by atoms with Gasteiger partial charge in [0.1, 0.15) is 6.33 Å². The molecule has 0 N–H and O–H groups in total. The summed E-state index contributed by atoms with van der Waals surface area (Å²) >= 11 is 0. The zero-order valence-electron chi connectivity index (χ0n) is 14.0. The van der Waals surface area contributed by atoms with Crippen molar-refractivity contribution >= 4 is 11.6 Å². The van der Waals surface area contributed by atoms with Gasteiger partial charge in [-0.15, -0.1) is 10.2 Å². The molecule has 128 valence electrons. The predicted molar refractivity (Wildman–Crippen MR) is 88.9 cm³/mol. The molecule has 2 aliphatic heterocycles. The Labute approximate surface area is 141 Å². The van der Waals surface area contributed by atoms with E-state index in [1.807, 2.05) is 23.2 Å². The summed E-state index contributed by atoms with van der Waals surface area (Å²) in [5.74, 6) is 0.630. The molecule has 1 amide bonds. The Balaban J connectivity index is 1.51. The number of morpholine rings is 1. The highest BCUT2D eigenvalue weighted by atomic mass is 16.5. The number of hydrogen-bond donors (Lipinski definition) is 0. The van der Waals surface area contributed by atoms with Crippen molar-refractivity contribution in [3.63, 3.8) is 0 Å². The number of carbonyl (C=O) groups excluding carboxylic acids is 1. The maximum atomic E-state index is 12.9. The van der Waals surface area contributed by atoms with Crippen LogP contribution in [0.2, 0.25) is 0 Å². The van der Waals surface area contributed by atoms with Crippen molar-refractivity contribution in [3.8, 4) is 0 Å². The van der Waals surface area contributed by atoms with Crippen molar-refractivity contribution in [2.24, 2.45) is 5.92 Å². The van der Waals surface area contributed by atoms with E-state index < -0.39 is 0 Å². The molecule has 7 heteroatoms. The molecule has 2 fully saturated rings. The number of likely N-dealkylation sites (tertiary alicyclic amines) is 1. The zero-order valence-corrected chi connectivity index (χ0v) is 14.0. The number of nitrogens with zero attached hydrogens (tertiary/aromatic N) is 5. The van der Waals surface area contributed by atoms with Gasteiger partial charge in [0.15, 0.2) is 5.65 Å². The quantitative estimate of drug-likeness (QED) is 0.838. The van der Waals surface area contributed by atoms with Crippen LogP contribution in [0.1, 0.15) is 23.7 Å². The average molecular weight is 329 g/mol. The van der Waals surface area contributed by atoms with E-state index in [4.69, 9.17) is 4.74 Å². The lowest BCUT2D eigenvalue weighted by molar-refractivity contribution is 0.0103. The molecule has 0 radical (unpaired) electrons. The van der Waals surface area contributed by atoms with E-state index >= 15 is 0 Å². The summed E-state index contributed by atoms with van der Waals surface area (Å²) in [5.41, 5.74) is 1.45. The Morgan fingerprint density at radius 3 is 2.92 bits per heavy atom. The Morgan fingerprint density at radius 1 is 1.29 bits per heavy atom. The van der Waals surface area contributed by atoms with E-state index in [0.717, 1.165) is 51.5 Å². The van der Waals surface area contributed by atoms with Crippen molar-refractivity contribution in [2.45, 2.75) is 19.4 Å². The predicted octanol–water partition coefficient (Wildman–Crippen LogP) is 0.912. The van der Waals surface area contributed by atoms with Gasteiger partial charge < -0.3 is 9.64 Å². The van der Waals surface area contributed by atoms with Crippen molar-refractivity contribution in [1.29, 1.82) is 0 Å². The second-order valence-electron chi connectivity index (χ2n) is 6.61. The number of amides is 1. The first-order valence-corrected chi connectivity index (χ1v) is 8.66. The summed E-state index contributed by atoms with van der Waals surface area (Å²) in [4.78, 5) is 17.4. The van der Waals surface area contributed by atoms with Crippen LogP contribution in [0, 0.1) is 5.92 Å². The summed E-state index contributed by atoms with van der Waals surface area (Å²) in [6, 6.07) is 4.13. The smallest absolute Gasteiger partial charge is 0.255 e. The number of carbonyl (C=O) groups is 1. The van der Waals surface area contributed by atoms with E-state index in [-0.39, 0.29) is 5.91 Å². The normalized spacial score (nSPS) is 25.5. The standard InChI is InChI=1S/C17H23N5O2/c1-2-13-9-21(11-15(13)20-5-7-24-8-6-20)17(23)14-3-4-16-19-18-12-22(16)10-14/h3-4,10,12-13,15H,2,5-9,11H2,1H3/t13-,15+/m1/s1. The molecule has 2 atom stereocenters. The number of aromatic nitrogens is 3. The van der Waals surface area contributed by atoms with Crippen molar-refractivity contribution < 1.29 is 9.53 Å². The largest absolute Gasteiger partial charge is 0.379 e. The number of hydrogen-bond acceptors (Lipinski definition) is 5. The van der Waals surface area contributed by atoms with Crippen LogP contribution in [0.4, 0.5) is 0 Å². The molecule has 2 saturated heterocycles. The second kappa shape index (κ2) is 6.49. The fraction of sp³-hybridized carbons (Fsp3) is 0.588. The Kier molecular flexibility index (Phi) is 4.20. The number of ether oxygens (including phenoxy) is 1. The van der Waals surface area contributed by atoms with Gasteiger partial charge in [0.05, 0.1) is 18.8 Å². The lowest BCUT2D eigenvalue weighted by Gasteiger charge is -2.34. The Morgan fingerprint density at radius 2 is 2.12 bits per heavy atom. The minimum absolute atomic E-state index is 0.0970. The fourth-order valence-electron chi connectivity index (χ4n) is 3.88. The van der Waals surface area contributed by atoms with Gasteiger partial charge in [-0.1, -0.05) is 13.3 Å². The maximum absolute atomic E-state index is 12.9. The first-order valence-electron chi connectivity index (χ1n) is 8.66. The van der Waals surface area contributed by atoms with Crippen LogP contribution < -0.4 is 0 Å². The molecule has 4 rings (SSSR count). The first kappa shape index (κ1) is 15.5. The van der Waals surface area contributed by atoms with E-state index in [1.54, 1.807) is 10.7 Å². The van der Waals surface area contributed by atoms with E-state index in [1.165, 1.54) is 0 Å². The summed E-state index contributed by atoms with van der Waals surface area (Å²) in [5, 5.41) is 7.85. The number of fused-ring (bicyclic) bond motifs is 1.